The van der Waals surface area contributed by atoms with E-state index in [0.717, 1.165) is 5.76 Å². The molecule has 3 nitrogen and oxygen atoms in total. The molecule has 13 heavy (non-hydrogen) atoms. The average molecular weight is 249 g/mol. The maximum Gasteiger partial charge on any atom is 0.169 e. The molecule has 0 aliphatic heterocycles. The summed E-state index contributed by atoms with van der Waals surface area (Å²) in [5.74, 6) is 0.788. The smallest absolute Gasteiger partial charge is 0.169 e. The van der Waals surface area contributed by atoms with Crippen LogP contribution in [0.15, 0.2) is 21.2 Å². The molecule has 0 radical (unpaired) electrons. The van der Waals surface area contributed by atoms with Gasteiger partial charge in [0.05, 0.1) is 0 Å². The zero-order valence-corrected chi connectivity index (χ0v) is 9.50. The molecule has 0 saturated carbocycles. The van der Waals surface area contributed by atoms with E-state index >= 15 is 0 Å². The Hall–Kier alpha value is -0.320. The highest BCUT2D eigenvalue weighted by Gasteiger charge is 2.13. The Labute approximate surface area is 86.1 Å². The van der Waals surface area contributed by atoms with Crippen LogP contribution in [-0.2, 0) is 9.47 Å². The van der Waals surface area contributed by atoms with Crippen molar-refractivity contribution in [2.75, 3.05) is 7.11 Å². The summed E-state index contributed by atoms with van der Waals surface area (Å²) in [6, 6.07) is 3.71. The average Bonchev–Trinajstić information content (AvgIpc) is 2.51. The molecule has 1 rings (SSSR count). The van der Waals surface area contributed by atoms with Crippen molar-refractivity contribution >= 4 is 15.9 Å². The first-order valence-electron chi connectivity index (χ1n) is 4.07. The minimum atomic E-state index is -0.223. The monoisotopic (exact) mass is 248 g/mol. The zero-order valence-electron chi connectivity index (χ0n) is 7.91. The molecule has 2 atom stereocenters. The molecule has 2 unspecified atom stereocenters. The zero-order chi connectivity index (χ0) is 9.84. The topological polar surface area (TPSA) is 31.6 Å². The first-order valence-corrected chi connectivity index (χ1v) is 4.86. The van der Waals surface area contributed by atoms with Crippen molar-refractivity contribution in [3.05, 3.63) is 22.6 Å². The van der Waals surface area contributed by atoms with Crippen molar-refractivity contribution < 1.29 is 13.9 Å². The SMILES string of the molecule is COC(C)OC(C)c1ccc(Br)o1. The highest BCUT2D eigenvalue weighted by atomic mass is 79.9. The molecular weight excluding hydrogens is 236 g/mol. The van der Waals surface area contributed by atoms with Gasteiger partial charge in [-0.15, -0.1) is 0 Å². The van der Waals surface area contributed by atoms with E-state index in [4.69, 9.17) is 13.9 Å². The number of furan rings is 1. The van der Waals surface area contributed by atoms with Gasteiger partial charge in [-0.05, 0) is 41.9 Å². The molecule has 0 bridgehead atoms. The van der Waals surface area contributed by atoms with Crippen LogP contribution in [0.4, 0.5) is 0 Å². The van der Waals surface area contributed by atoms with E-state index in [0.29, 0.717) is 4.67 Å². The molecular formula is C9H13BrO3. The second kappa shape index (κ2) is 4.79. The van der Waals surface area contributed by atoms with Crippen LogP contribution >= 0.6 is 15.9 Å². The minimum Gasteiger partial charge on any atom is -0.452 e. The minimum absolute atomic E-state index is 0.0961. The number of methoxy groups -OCH3 is 1. The maximum atomic E-state index is 5.46. The fourth-order valence-electron chi connectivity index (χ4n) is 0.957. The molecule has 1 heterocycles. The molecule has 0 aliphatic rings. The number of halogens is 1. The maximum absolute atomic E-state index is 5.46. The lowest BCUT2D eigenvalue weighted by Gasteiger charge is -2.15. The van der Waals surface area contributed by atoms with Gasteiger partial charge < -0.3 is 13.9 Å². The first kappa shape index (κ1) is 10.8. The van der Waals surface area contributed by atoms with Gasteiger partial charge in [0.15, 0.2) is 11.0 Å². The molecule has 74 valence electrons. The van der Waals surface area contributed by atoms with Crippen LogP contribution in [0.25, 0.3) is 0 Å². The fraction of sp³-hybridized carbons (Fsp3) is 0.556. The second-order valence-electron chi connectivity index (χ2n) is 2.72. The summed E-state index contributed by atoms with van der Waals surface area (Å²) >= 11 is 3.23. The van der Waals surface area contributed by atoms with E-state index < -0.39 is 0 Å². The molecule has 4 heteroatoms. The van der Waals surface area contributed by atoms with Crippen molar-refractivity contribution in [1.82, 2.24) is 0 Å². The lowest BCUT2D eigenvalue weighted by molar-refractivity contribution is -0.145. The van der Waals surface area contributed by atoms with Crippen LogP contribution in [-0.4, -0.2) is 13.4 Å². The molecule has 0 aliphatic carbocycles. The van der Waals surface area contributed by atoms with Gasteiger partial charge >= 0.3 is 0 Å². The molecule has 0 spiro atoms. The van der Waals surface area contributed by atoms with Gasteiger partial charge in [-0.2, -0.15) is 0 Å². The van der Waals surface area contributed by atoms with Crippen molar-refractivity contribution in [2.24, 2.45) is 0 Å². The number of hydrogen-bond donors (Lipinski definition) is 0. The molecule has 1 aromatic rings. The van der Waals surface area contributed by atoms with Crippen LogP contribution in [0, 0.1) is 0 Å². The molecule has 0 aromatic carbocycles. The van der Waals surface area contributed by atoms with Crippen LogP contribution in [0.3, 0.4) is 0 Å². The van der Waals surface area contributed by atoms with Gasteiger partial charge in [-0.25, -0.2) is 0 Å². The Morgan fingerprint density at radius 2 is 2.08 bits per heavy atom. The third-order valence-electron chi connectivity index (χ3n) is 1.72. The van der Waals surface area contributed by atoms with Crippen molar-refractivity contribution in [3.63, 3.8) is 0 Å². The number of ether oxygens (including phenoxy) is 2. The van der Waals surface area contributed by atoms with E-state index in [1.165, 1.54) is 0 Å². The summed E-state index contributed by atoms with van der Waals surface area (Å²) in [6.45, 7) is 3.76. The van der Waals surface area contributed by atoms with Gasteiger partial charge in [0.2, 0.25) is 0 Å². The molecule has 0 amide bonds. The molecule has 1 aromatic heterocycles. The fourth-order valence-corrected chi connectivity index (χ4v) is 1.28. The summed E-state index contributed by atoms with van der Waals surface area (Å²) in [5, 5.41) is 0. The summed E-state index contributed by atoms with van der Waals surface area (Å²) in [7, 11) is 1.61. The number of rotatable bonds is 4. The predicted molar refractivity (Wildman–Crippen MR) is 52.4 cm³/mol. The summed E-state index contributed by atoms with van der Waals surface area (Å²) in [5.41, 5.74) is 0. The van der Waals surface area contributed by atoms with Crippen LogP contribution in [0.5, 0.6) is 0 Å². The lowest BCUT2D eigenvalue weighted by atomic mass is 10.3. The summed E-state index contributed by atoms with van der Waals surface area (Å²) in [4.78, 5) is 0. The van der Waals surface area contributed by atoms with Crippen LogP contribution < -0.4 is 0 Å². The van der Waals surface area contributed by atoms with Gasteiger partial charge in [0, 0.05) is 7.11 Å². The standard InChI is InChI=1S/C9H13BrO3/c1-6(12-7(2)11-3)8-4-5-9(10)13-8/h4-7H,1-3H3. The Kier molecular flexibility index (Phi) is 3.96. The lowest BCUT2D eigenvalue weighted by Crippen LogP contribution is -2.12. The van der Waals surface area contributed by atoms with E-state index in [1.807, 2.05) is 26.0 Å². The Balaban J connectivity index is 2.53. The highest BCUT2D eigenvalue weighted by molar-refractivity contribution is 9.10. The second-order valence-corrected chi connectivity index (χ2v) is 3.51. The predicted octanol–water partition coefficient (Wildman–Crippen LogP) is 3.11. The molecule has 0 N–H and O–H groups in total. The largest absolute Gasteiger partial charge is 0.452 e. The van der Waals surface area contributed by atoms with Gasteiger partial charge in [-0.3, -0.25) is 0 Å². The first-order chi connectivity index (χ1) is 6.13. The molecule has 0 saturated heterocycles. The van der Waals surface area contributed by atoms with Crippen molar-refractivity contribution in [3.8, 4) is 0 Å². The normalized spacial score (nSPS) is 15.7. The molecule has 0 fully saturated rings. The summed E-state index contributed by atoms with van der Waals surface area (Å²) in [6.07, 6.45) is -0.319. The van der Waals surface area contributed by atoms with E-state index in [1.54, 1.807) is 7.11 Å². The van der Waals surface area contributed by atoms with Crippen LogP contribution in [0.2, 0.25) is 0 Å². The number of hydrogen-bond acceptors (Lipinski definition) is 3. The van der Waals surface area contributed by atoms with E-state index in [-0.39, 0.29) is 12.4 Å². The van der Waals surface area contributed by atoms with Gasteiger partial charge in [0.1, 0.15) is 11.9 Å². The Morgan fingerprint density at radius 3 is 2.54 bits per heavy atom. The third kappa shape index (κ3) is 3.14. The Morgan fingerprint density at radius 1 is 1.38 bits per heavy atom. The van der Waals surface area contributed by atoms with Crippen molar-refractivity contribution in [2.45, 2.75) is 26.2 Å². The Bertz CT molecular complexity index is 259. The van der Waals surface area contributed by atoms with Gasteiger partial charge in [0.25, 0.3) is 0 Å². The highest BCUT2D eigenvalue weighted by Crippen LogP contribution is 2.23. The third-order valence-corrected chi connectivity index (χ3v) is 2.15. The summed E-state index contributed by atoms with van der Waals surface area (Å²) < 4.78 is 16.5. The van der Waals surface area contributed by atoms with E-state index in [2.05, 4.69) is 15.9 Å². The van der Waals surface area contributed by atoms with Crippen molar-refractivity contribution in [1.29, 1.82) is 0 Å². The van der Waals surface area contributed by atoms with Gasteiger partial charge in [-0.1, -0.05) is 0 Å². The van der Waals surface area contributed by atoms with Crippen LogP contribution in [0.1, 0.15) is 25.7 Å². The quantitative estimate of drug-likeness (QED) is 0.768. The van der Waals surface area contributed by atoms with E-state index in [9.17, 15) is 0 Å².